The second-order valence-corrected chi connectivity index (χ2v) is 7.00. The third kappa shape index (κ3) is 3.66. The molecule has 0 aliphatic heterocycles. The van der Waals surface area contributed by atoms with E-state index in [-0.39, 0.29) is 6.04 Å². The summed E-state index contributed by atoms with van der Waals surface area (Å²) >= 11 is 3.37. The molecule has 0 atom stereocenters. The van der Waals surface area contributed by atoms with Crippen LogP contribution >= 0.6 is 15.9 Å². The summed E-state index contributed by atoms with van der Waals surface area (Å²) in [5, 5.41) is 0.851. The van der Waals surface area contributed by atoms with Crippen LogP contribution in [0.25, 0.3) is 0 Å². The first kappa shape index (κ1) is 15.4. The Bertz CT molecular complexity index is 313. The van der Waals surface area contributed by atoms with Gasteiger partial charge in [-0.3, -0.25) is 0 Å². The van der Waals surface area contributed by atoms with Gasteiger partial charge in [0.1, 0.15) is 0 Å². The summed E-state index contributed by atoms with van der Waals surface area (Å²) < 4.78 is 28.2. The summed E-state index contributed by atoms with van der Waals surface area (Å²) in [4.78, 5) is 0. The van der Waals surface area contributed by atoms with Crippen molar-refractivity contribution >= 4 is 26.1 Å². The van der Waals surface area contributed by atoms with E-state index in [2.05, 4.69) is 15.9 Å². The fraction of sp³-hybridized carbons (Fsp3) is 1.00. The highest BCUT2D eigenvalue weighted by Gasteiger charge is 2.35. The molecule has 17 heavy (non-hydrogen) atoms. The number of halogens is 1. The number of nitrogens with zero attached hydrogens (tertiary/aromatic N) is 2. The molecule has 1 rings (SSSR count). The van der Waals surface area contributed by atoms with Crippen LogP contribution in [0.4, 0.5) is 0 Å². The fourth-order valence-electron chi connectivity index (χ4n) is 2.07. The molecule has 0 unspecified atom stereocenters. The van der Waals surface area contributed by atoms with E-state index in [0.29, 0.717) is 19.6 Å². The van der Waals surface area contributed by atoms with Crippen molar-refractivity contribution in [1.29, 1.82) is 0 Å². The highest BCUT2D eigenvalue weighted by atomic mass is 79.9. The van der Waals surface area contributed by atoms with E-state index in [9.17, 15) is 8.42 Å². The molecule has 0 spiro atoms. The van der Waals surface area contributed by atoms with Gasteiger partial charge in [-0.25, -0.2) is 0 Å². The largest absolute Gasteiger partial charge is 0.282 e. The van der Waals surface area contributed by atoms with Crippen LogP contribution in [0.5, 0.6) is 0 Å². The van der Waals surface area contributed by atoms with Crippen molar-refractivity contribution in [3.63, 3.8) is 0 Å². The summed E-state index contributed by atoms with van der Waals surface area (Å²) in [7, 11) is -3.25. The zero-order chi connectivity index (χ0) is 12.9. The first-order valence-electron chi connectivity index (χ1n) is 6.40. The monoisotopic (exact) mass is 326 g/mol. The van der Waals surface area contributed by atoms with Crippen LogP contribution in [0.15, 0.2) is 0 Å². The summed E-state index contributed by atoms with van der Waals surface area (Å²) in [6.45, 7) is 5.52. The number of hydrogen-bond donors (Lipinski definition) is 0. The van der Waals surface area contributed by atoms with E-state index in [0.717, 1.165) is 31.0 Å². The molecule has 0 aromatic heterocycles. The maximum atomic E-state index is 12.5. The van der Waals surface area contributed by atoms with Crippen molar-refractivity contribution in [2.75, 3.05) is 25.0 Å². The van der Waals surface area contributed by atoms with Crippen LogP contribution in [0.2, 0.25) is 0 Å². The summed E-state index contributed by atoms with van der Waals surface area (Å²) in [6.07, 6.45) is 4.06. The summed E-state index contributed by atoms with van der Waals surface area (Å²) in [5.74, 6) is 0. The van der Waals surface area contributed by atoms with Crippen molar-refractivity contribution in [2.45, 2.75) is 45.6 Å². The van der Waals surface area contributed by atoms with Gasteiger partial charge < -0.3 is 0 Å². The lowest BCUT2D eigenvalue weighted by atomic mass is 9.93. The van der Waals surface area contributed by atoms with Gasteiger partial charge in [-0.1, -0.05) is 36.2 Å². The second kappa shape index (κ2) is 7.07. The predicted octanol–water partition coefficient (Wildman–Crippen LogP) is 2.21. The van der Waals surface area contributed by atoms with E-state index in [4.69, 9.17) is 0 Å². The SMILES string of the molecule is CCN(CC)S(=O)(=O)N(CCCBr)C1CCC1. The van der Waals surface area contributed by atoms with E-state index < -0.39 is 10.2 Å². The Labute approximate surface area is 114 Å². The van der Waals surface area contributed by atoms with Gasteiger partial charge in [-0.15, -0.1) is 0 Å². The maximum Gasteiger partial charge on any atom is 0.282 e. The van der Waals surface area contributed by atoms with Crippen molar-refractivity contribution in [2.24, 2.45) is 0 Å². The average molecular weight is 327 g/mol. The topological polar surface area (TPSA) is 40.6 Å². The van der Waals surface area contributed by atoms with Gasteiger partial charge >= 0.3 is 0 Å². The fourth-order valence-corrected chi connectivity index (χ4v) is 4.22. The standard InChI is InChI=1S/C11H23BrN2O2S/c1-3-13(4-2)17(15,16)14(10-6-9-12)11-7-5-8-11/h11H,3-10H2,1-2H3. The first-order chi connectivity index (χ1) is 8.07. The lowest BCUT2D eigenvalue weighted by Crippen LogP contribution is -2.51. The van der Waals surface area contributed by atoms with Crippen LogP contribution in [-0.4, -0.2) is 48.0 Å². The van der Waals surface area contributed by atoms with Crippen molar-refractivity contribution in [3.8, 4) is 0 Å². The molecule has 1 aliphatic carbocycles. The third-order valence-corrected chi connectivity index (χ3v) is 6.13. The minimum atomic E-state index is -3.25. The molecule has 0 heterocycles. The molecule has 0 aromatic rings. The quantitative estimate of drug-likeness (QED) is 0.642. The Morgan fingerprint density at radius 2 is 1.82 bits per heavy atom. The molecule has 4 nitrogen and oxygen atoms in total. The Hall–Kier alpha value is 0.350. The second-order valence-electron chi connectivity index (χ2n) is 4.33. The molecular weight excluding hydrogens is 304 g/mol. The van der Waals surface area contributed by atoms with Gasteiger partial charge in [-0.2, -0.15) is 17.0 Å². The highest BCUT2D eigenvalue weighted by molar-refractivity contribution is 9.09. The van der Waals surface area contributed by atoms with Crippen LogP contribution in [0.1, 0.15) is 39.5 Å². The van der Waals surface area contributed by atoms with Gasteiger partial charge in [0.15, 0.2) is 0 Å². The van der Waals surface area contributed by atoms with Crippen LogP contribution in [0, 0.1) is 0 Å². The number of hydrogen-bond acceptors (Lipinski definition) is 2. The van der Waals surface area contributed by atoms with Gasteiger partial charge in [0.25, 0.3) is 10.2 Å². The Morgan fingerprint density at radius 3 is 2.18 bits per heavy atom. The van der Waals surface area contributed by atoms with E-state index >= 15 is 0 Å². The Kier molecular flexibility index (Phi) is 6.40. The molecule has 0 radical (unpaired) electrons. The van der Waals surface area contributed by atoms with Crippen LogP contribution < -0.4 is 0 Å². The molecule has 1 saturated carbocycles. The molecule has 1 fully saturated rings. The third-order valence-electron chi connectivity index (χ3n) is 3.32. The molecule has 0 aromatic carbocycles. The maximum absolute atomic E-state index is 12.5. The predicted molar refractivity (Wildman–Crippen MR) is 74.6 cm³/mol. The molecule has 0 amide bonds. The molecule has 0 N–H and O–H groups in total. The summed E-state index contributed by atoms with van der Waals surface area (Å²) in [5.41, 5.74) is 0. The normalized spacial score (nSPS) is 17.7. The van der Waals surface area contributed by atoms with Gasteiger partial charge in [0, 0.05) is 31.0 Å². The van der Waals surface area contributed by atoms with E-state index in [1.165, 1.54) is 0 Å². The summed E-state index contributed by atoms with van der Waals surface area (Å²) in [6, 6.07) is 0.236. The van der Waals surface area contributed by atoms with Gasteiger partial charge in [-0.05, 0) is 19.3 Å². The smallest absolute Gasteiger partial charge is 0.195 e. The molecule has 0 saturated heterocycles. The lowest BCUT2D eigenvalue weighted by molar-refractivity contribution is 0.206. The molecule has 6 heteroatoms. The van der Waals surface area contributed by atoms with Crippen molar-refractivity contribution in [1.82, 2.24) is 8.61 Å². The van der Waals surface area contributed by atoms with E-state index in [1.807, 2.05) is 13.8 Å². The van der Waals surface area contributed by atoms with Crippen LogP contribution in [-0.2, 0) is 10.2 Å². The first-order valence-corrected chi connectivity index (χ1v) is 8.92. The van der Waals surface area contributed by atoms with E-state index in [1.54, 1.807) is 8.61 Å². The molecule has 102 valence electrons. The molecule has 0 bridgehead atoms. The Morgan fingerprint density at radius 1 is 1.24 bits per heavy atom. The van der Waals surface area contributed by atoms with Gasteiger partial charge in [0.05, 0.1) is 0 Å². The number of alkyl halides is 1. The zero-order valence-corrected chi connectivity index (χ0v) is 13.1. The van der Waals surface area contributed by atoms with Crippen LogP contribution in [0.3, 0.4) is 0 Å². The minimum Gasteiger partial charge on any atom is -0.195 e. The molecule has 1 aliphatic rings. The lowest BCUT2D eigenvalue weighted by Gasteiger charge is -2.39. The average Bonchev–Trinajstić information content (AvgIpc) is 2.22. The number of rotatable bonds is 8. The van der Waals surface area contributed by atoms with Gasteiger partial charge in [0.2, 0.25) is 0 Å². The van der Waals surface area contributed by atoms with Crippen molar-refractivity contribution in [3.05, 3.63) is 0 Å². The Balaban J connectivity index is 2.79. The minimum absolute atomic E-state index is 0.236. The highest BCUT2D eigenvalue weighted by Crippen LogP contribution is 2.28. The molecular formula is C11H23BrN2O2S. The van der Waals surface area contributed by atoms with Crippen molar-refractivity contribution < 1.29 is 8.42 Å². The zero-order valence-electron chi connectivity index (χ0n) is 10.7.